The zero-order valence-electron chi connectivity index (χ0n) is 12.7. The molecule has 0 heterocycles. The van der Waals surface area contributed by atoms with Crippen LogP contribution < -0.4 is 0 Å². The van der Waals surface area contributed by atoms with Gasteiger partial charge in [-0.3, -0.25) is 4.79 Å². The molecular weight excluding hydrogens is 280 g/mol. The van der Waals surface area contributed by atoms with Gasteiger partial charge in [0.15, 0.2) is 0 Å². The Morgan fingerprint density at radius 2 is 1.82 bits per heavy atom. The molecule has 0 aliphatic heterocycles. The second-order valence-corrected chi connectivity index (χ2v) is 5.76. The first-order valence-corrected chi connectivity index (χ1v) is 7.32. The van der Waals surface area contributed by atoms with Gasteiger partial charge in [0.05, 0.1) is 5.41 Å². The smallest absolute Gasteiger partial charge is 0.331 e. The second-order valence-electron chi connectivity index (χ2n) is 5.76. The highest BCUT2D eigenvalue weighted by Crippen LogP contribution is 2.44. The number of carboxylic acid groups (broad SMARTS) is 2. The lowest BCUT2D eigenvalue weighted by molar-refractivity contribution is -0.149. The monoisotopic (exact) mass is 300 g/mol. The highest BCUT2D eigenvalue weighted by molar-refractivity contribution is 5.91. The summed E-state index contributed by atoms with van der Waals surface area (Å²) in [5.74, 6) is -2.57. The summed E-state index contributed by atoms with van der Waals surface area (Å²) in [4.78, 5) is 23.6. The summed E-state index contributed by atoms with van der Waals surface area (Å²) < 4.78 is 0. The summed E-state index contributed by atoms with van der Waals surface area (Å²) in [6.07, 6.45) is 4.04. The average Bonchev–Trinajstić information content (AvgIpc) is 2.47. The van der Waals surface area contributed by atoms with Gasteiger partial charge < -0.3 is 10.2 Å². The molecule has 0 radical (unpaired) electrons. The van der Waals surface area contributed by atoms with E-state index >= 15 is 0 Å². The van der Waals surface area contributed by atoms with Crippen LogP contribution in [0, 0.1) is 11.3 Å². The van der Waals surface area contributed by atoms with Crippen LogP contribution in [0.15, 0.2) is 53.6 Å². The van der Waals surface area contributed by atoms with Crippen LogP contribution in [0.3, 0.4) is 0 Å². The Labute approximate surface area is 129 Å². The van der Waals surface area contributed by atoms with Crippen LogP contribution in [0.4, 0.5) is 0 Å². The fourth-order valence-electron chi connectivity index (χ4n) is 3.36. The molecule has 2 rings (SSSR count). The van der Waals surface area contributed by atoms with Crippen molar-refractivity contribution in [1.82, 2.24) is 0 Å². The van der Waals surface area contributed by atoms with Crippen LogP contribution in [0.5, 0.6) is 0 Å². The molecule has 1 aromatic rings. The third-order valence-electron chi connectivity index (χ3n) is 4.26. The predicted octanol–water partition coefficient (Wildman–Crippen LogP) is 3.30. The SMILES string of the molecule is CCC1C(C(=O)O)=CC(C)=CC1(Cc1ccccc1)C(=O)O. The third-order valence-corrected chi connectivity index (χ3v) is 4.26. The number of carbonyl (C=O) groups is 2. The Morgan fingerprint density at radius 1 is 1.18 bits per heavy atom. The minimum absolute atomic E-state index is 0.181. The van der Waals surface area contributed by atoms with E-state index in [1.807, 2.05) is 37.3 Å². The maximum atomic E-state index is 12.1. The number of carboxylic acids is 2. The summed E-state index contributed by atoms with van der Waals surface area (Å²) in [6.45, 7) is 3.58. The Hall–Kier alpha value is -2.36. The molecule has 4 heteroatoms. The highest BCUT2D eigenvalue weighted by atomic mass is 16.4. The summed E-state index contributed by atoms with van der Waals surface area (Å²) >= 11 is 0. The van der Waals surface area contributed by atoms with Crippen molar-refractivity contribution in [3.8, 4) is 0 Å². The van der Waals surface area contributed by atoms with Gasteiger partial charge >= 0.3 is 11.9 Å². The first-order chi connectivity index (χ1) is 10.4. The minimum atomic E-state index is -1.22. The molecule has 0 bridgehead atoms. The van der Waals surface area contributed by atoms with Crippen molar-refractivity contribution < 1.29 is 19.8 Å². The van der Waals surface area contributed by atoms with E-state index in [4.69, 9.17) is 0 Å². The van der Waals surface area contributed by atoms with Gasteiger partial charge in [-0.25, -0.2) is 4.79 Å². The molecule has 0 amide bonds. The van der Waals surface area contributed by atoms with Gasteiger partial charge in [0.2, 0.25) is 0 Å². The molecule has 2 atom stereocenters. The number of hydrogen-bond acceptors (Lipinski definition) is 2. The van der Waals surface area contributed by atoms with E-state index in [9.17, 15) is 19.8 Å². The van der Waals surface area contributed by atoms with Gasteiger partial charge in [-0.05, 0) is 31.4 Å². The summed E-state index contributed by atoms with van der Waals surface area (Å²) in [5, 5.41) is 19.4. The lowest BCUT2D eigenvalue weighted by atomic mass is 9.63. The van der Waals surface area contributed by atoms with Crippen molar-refractivity contribution in [3.63, 3.8) is 0 Å². The van der Waals surface area contributed by atoms with E-state index in [1.165, 1.54) is 0 Å². The molecule has 0 fully saturated rings. The Bertz CT molecular complexity index is 642. The zero-order chi connectivity index (χ0) is 16.3. The van der Waals surface area contributed by atoms with Crippen LogP contribution in [0.1, 0.15) is 25.8 Å². The third kappa shape index (κ3) is 2.82. The predicted molar refractivity (Wildman–Crippen MR) is 83.5 cm³/mol. The Morgan fingerprint density at radius 3 is 2.32 bits per heavy atom. The minimum Gasteiger partial charge on any atom is -0.481 e. The lowest BCUT2D eigenvalue weighted by Crippen LogP contribution is -2.43. The van der Waals surface area contributed by atoms with E-state index in [0.717, 1.165) is 5.56 Å². The Balaban J connectivity index is 2.55. The highest BCUT2D eigenvalue weighted by Gasteiger charge is 2.48. The van der Waals surface area contributed by atoms with Crippen LogP contribution in [0.2, 0.25) is 0 Å². The Kier molecular flexibility index (Phi) is 4.50. The van der Waals surface area contributed by atoms with Crippen molar-refractivity contribution in [1.29, 1.82) is 0 Å². The van der Waals surface area contributed by atoms with Gasteiger partial charge in [0, 0.05) is 11.5 Å². The quantitative estimate of drug-likeness (QED) is 0.875. The largest absolute Gasteiger partial charge is 0.481 e. The van der Waals surface area contributed by atoms with Crippen LogP contribution >= 0.6 is 0 Å². The number of aliphatic carboxylic acids is 2. The van der Waals surface area contributed by atoms with Crippen LogP contribution in [-0.2, 0) is 16.0 Å². The number of benzene rings is 1. The van der Waals surface area contributed by atoms with Gasteiger partial charge in [0.1, 0.15) is 0 Å². The van der Waals surface area contributed by atoms with Crippen LogP contribution in [-0.4, -0.2) is 22.2 Å². The van der Waals surface area contributed by atoms with Crippen molar-refractivity contribution in [2.24, 2.45) is 11.3 Å². The van der Waals surface area contributed by atoms with Gasteiger partial charge in [-0.2, -0.15) is 0 Å². The standard InChI is InChI=1S/C18H20O4/c1-3-15-14(16(19)20)9-12(2)10-18(15,17(21)22)11-13-7-5-4-6-8-13/h4-10,15H,3,11H2,1-2H3,(H,19,20)(H,21,22). The molecule has 116 valence electrons. The van der Waals surface area contributed by atoms with Gasteiger partial charge in [-0.15, -0.1) is 0 Å². The zero-order valence-corrected chi connectivity index (χ0v) is 12.7. The molecule has 1 aliphatic carbocycles. The first-order valence-electron chi connectivity index (χ1n) is 7.32. The van der Waals surface area contributed by atoms with Crippen molar-refractivity contribution in [2.75, 3.05) is 0 Å². The molecule has 22 heavy (non-hydrogen) atoms. The van der Waals surface area contributed by atoms with Crippen molar-refractivity contribution >= 4 is 11.9 Å². The second kappa shape index (κ2) is 6.18. The molecule has 2 unspecified atom stereocenters. The molecule has 0 saturated carbocycles. The van der Waals surface area contributed by atoms with Gasteiger partial charge in [-0.1, -0.05) is 48.9 Å². The van der Waals surface area contributed by atoms with Crippen molar-refractivity contribution in [2.45, 2.75) is 26.7 Å². The van der Waals surface area contributed by atoms with Crippen LogP contribution in [0.25, 0.3) is 0 Å². The molecule has 1 aliphatic rings. The molecule has 1 aromatic carbocycles. The molecule has 2 N–H and O–H groups in total. The number of allylic oxidation sites excluding steroid dienone is 2. The summed E-state index contributed by atoms with van der Waals surface area (Å²) in [6, 6.07) is 9.34. The number of rotatable bonds is 5. The van der Waals surface area contributed by atoms with Crippen molar-refractivity contribution in [3.05, 3.63) is 59.2 Å². The molecule has 0 aromatic heterocycles. The maximum Gasteiger partial charge on any atom is 0.331 e. The van der Waals surface area contributed by atoms with E-state index in [0.29, 0.717) is 12.0 Å². The van der Waals surface area contributed by atoms with E-state index in [2.05, 4.69) is 0 Å². The summed E-state index contributed by atoms with van der Waals surface area (Å²) in [7, 11) is 0. The van der Waals surface area contributed by atoms with Gasteiger partial charge in [0.25, 0.3) is 0 Å². The fourth-order valence-corrected chi connectivity index (χ4v) is 3.36. The maximum absolute atomic E-state index is 12.1. The normalized spacial score (nSPS) is 24.4. The summed E-state index contributed by atoms with van der Waals surface area (Å²) in [5.41, 5.74) is 0.531. The topological polar surface area (TPSA) is 74.6 Å². The molecule has 0 spiro atoms. The lowest BCUT2D eigenvalue weighted by Gasteiger charge is -2.38. The first kappa shape index (κ1) is 16.0. The van der Waals surface area contributed by atoms with E-state index in [1.54, 1.807) is 19.1 Å². The van der Waals surface area contributed by atoms with E-state index in [-0.39, 0.29) is 12.0 Å². The molecular formula is C18H20O4. The fraction of sp³-hybridized carbons (Fsp3) is 0.333. The molecule has 0 saturated heterocycles. The molecule has 4 nitrogen and oxygen atoms in total. The average molecular weight is 300 g/mol. The van der Waals surface area contributed by atoms with E-state index < -0.39 is 23.3 Å². The number of hydrogen-bond donors (Lipinski definition) is 2.